The molecule has 0 aliphatic carbocycles. The minimum absolute atomic E-state index is 0.0960. The largest absolute Gasteiger partial charge is 0.465 e. The summed E-state index contributed by atoms with van der Waals surface area (Å²) in [6.45, 7) is 6.57. The molecule has 8 nitrogen and oxygen atoms in total. The van der Waals surface area contributed by atoms with Gasteiger partial charge in [-0.05, 0) is 60.9 Å². The topological polar surface area (TPSA) is 86.2 Å². The number of morpholine rings is 1. The Balaban J connectivity index is 1.42. The molecule has 0 saturated carbocycles. The molecule has 2 aliphatic rings. The van der Waals surface area contributed by atoms with Crippen molar-refractivity contribution in [2.45, 2.75) is 19.9 Å². The Labute approximate surface area is 200 Å². The number of carbonyl (C=O) groups is 2. The normalized spacial score (nSPS) is 16.0. The van der Waals surface area contributed by atoms with Crippen molar-refractivity contribution < 1.29 is 19.1 Å². The zero-order chi connectivity index (χ0) is 24.1. The molecular formula is C26H32N4O4. The van der Waals surface area contributed by atoms with Crippen LogP contribution >= 0.6 is 0 Å². The minimum atomic E-state index is -0.219. The monoisotopic (exact) mass is 464 g/mol. The number of hydrogen-bond acceptors (Lipinski definition) is 6. The fourth-order valence-corrected chi connectivity index (χ4v) is 4.40. The second kappa shape index (κ2) is 10.8. The van der Waals surface area contributed by atoms with E-state index in [9.17, 15) is 9.59 Å². The Morgan fingerprint density at radius 2 is 1.74 bits per heavy atom. The number of carbonyl (C=O) groups excluding carboxylic acids is 2. The molecule has 0 radical (unpaired) electrons. The van der Waals surface area contributed by atoms with Gasteiger partial charge in [0.05, 0.1) is 26.4 Å². The predicted octanol–water partition coefficient (Wildman–Crippen LogP) is 2.54. The van der Waals surface area contributed by atoms with Gasteiger partial charge in [-0.3, -0.25) is 19.9 Å². The van der Waals surface area contributed by atoms with Gasteiger partial charge >= 0.3 is 5.97 Å². The van der Waals surface area contributed by atoms with Crippen LogP contribution in [0.1, 0.15) is 34.0 Å². The first kappa shape index (κ1) is 23.9. The lowest BCUT2D eigenvalue weighted by Crippen LogP contribution is -2.40. The van der Waals surface area contributed by atoms with Crippen LogP contribution in [0, 0.1) is 5.41 Å². The van der Waals surface area contributed by atoms with E-state index in [-0.39, 0.29) is 18.4 Å². The van der Waals surface area contributed by atoms with E-state index in [1.807, 2.05) is 47.4 Å². The van der Waals surface area contributed by atoms with Crippen LogP contribution < -0.4 is 4.90 Å². The summed E-state index contributed by atoms with van der Waals surface area (Å²) in [5.41, 5.74) is 4.49. The third kappa shape index (κ3) is 5.46. The third-order valence-corrected chi connectivity index (χ3v) is 6.36. The Morgan fingerprint density at radius 3 is 2.44 bits per heavy atom. The Morgan fingerprint density at radius 1 is 1.03 bits per heavy atom. The molecule has 2 aromatic carbocycles. The molecule has 1 amide bonds. The number of nitrogens with one attached hydrogen (secondary N) is 1. The second-order valence-electron chi connectivity index (χ2n) is 8.61. The van der Waals surface area contributed by atoms with E-state index in [4.69, 9.17) is 14.9 Å². The minimum Gasteiger partial charge on any atom is -0.465 e. The van der Waals surface area contributed by atoms with Gasteiger partial charge < -0.3 is 19.3 Å². The molecule has 0 spiro atoms. The number of fused-ring (bicyclic) bond motifs is 1. The van der Waals surface area contributed by atoms with Crippen LogP contribution in [0.2, 0.25) is 0 Å². The first-order valence-electron chi connectivity index (χ1n) is 11.8. The number of rotatable bonds is 6. The van der Waals surface area contributed by atoms with Gasteiger partial charge in [0.1, 0.15) is 5.84 Å². The molecule has 180 valence electrons. The van der Waals surface area contributed by atoms with E-state index in [2.05, 4.69) is 4.90 Å². The molecule has 1 saturated heterocycles. The SMILES string of the molecule is CCOC(=O)CN1CCc2ccc(C(=O)N(C)c3ccc(C(=N)N4CCOCC4)cc3)cc2C1. The van der Waals surface area contributed by atoms with Gasteiger partial charge in [-0.25, -0.2) is 0 Å². The molecular weight excluding hydrogens is 432 g/mol. The van der Waals surface area contributed by atoms with Crippen LogP contribution in [0.25, 0.3) is 0 Å². The maximum Gasteiger partial charge on any atom is 0.320 e. The average molecular weight is 465 g/mol. The summed E-state index contributed by atoms with van der Waals surface area (Å²) >= 11 is 0. The molecule has 2 aromatic rings. The van der Waals surface area contributed by atoms with E-state index in [1.54, 1.807) is 18.9 Å². The Hall–Kier alpha value is -3.23. The fraction of sp³-hybridized carbons (Fsp3) is 0.423. The lowest BCUT2D eigenvalue weighted by molar-refractivity contribution is -0.144. The summed E-state index contributed by atoms with van der Waals surface area (Å²) in [4.78, 5) is 30.8. The first-order chi connectivity index (χ1) is 16.5. The maximum atomic E-state index is 13.2. The molecule has 4 rings (SSSR count). The summed E-state index contributed by atoms with van der Waals surface area (Å²) in [7, 11) is 1.76. The van der Waals surface area contributed by atoms with Crippen LogP contribution in [-0.2, 0) is 27.2 Å². The van der Waals surface area contributed by atoms with Crippen molar-refractivity contribution in [2.75, 3.05) is 57.9 Å². The number of anilines is 1. The van der Waals surface area contributed by atoms with Gasteiger partial charge in [0.25, 0.3) is 5.91 Å². The van der Waals surface area contributed by atoms with Crippen molar-refractivity contribution >= 4 is 23.4 Å². The molecule has 0 bridgehead atoms. The molecule has 0 aromatic heterocycles. The average Bonchev–Trinajstić information content (AvgIpc) is 2.87. The van der Waals surface area contributed by atoms with E-state index < -0.39 is 0 Å². The van der Waals surface area contributed by atoms with Crippen LogP contribution in [0.4, 0.5) is 5.69 Å². The number of amidine groups is 1. The molecule has 8 heteroatoms. The number of benzene rings is 2. The van der Waals surface area contributed by atoms with E-state index in [0.29, 0.717) is 50.9 Å². The summed E-state index contributed by atoms with van der Waals surface area (Å²) in [5, 5.41) is 8.45. The summed E-state index contributed by atoms with van der Waals surface area (Å²) in [6.07, 6.45) is 0.843. The number of ether oxygens (including phenoxy) is 2. The highest BCUT2D eigenvalue weighted by molar-refractivity contribution is 6.06. The zero-order valence-electron chi connectivity index (χ0n) is 19.9. The Kier molecular flexibility index (Phi) is 7.59. The van der Waals surface area contributed by atoms with Crippen LogP contribution in [-0.4, -0.2) is 80.6 Å². The third-order valence-electron chi connectivity index (χ3n) is 6.36. The first-order valence-corrected chi connectivity index (χ1v) is 11.8. The molecule has 2 heterocycles. The van der Waals surface area contributed by atoms with Crippen molar-refractivity contribution in [1.29, 1.82) is 5.41 Å². The molecule has 0 atom stereocenters. The summed E-state index contributed by atoms with van der Waals surface area (Å²) in [5.74, 6) is 0.162. The molecule has 34 heavy (non-hydrogen) atoms. The van der Waals surface area contributed by atoms with Gasteiger partial charge in [-0.1, -0.05) is 6.07 Å². The lowest BCUT2D eigenvalue weighted by Gasteiger charge is -2.29. The highest BCUT2D eigenvalue weighted by Gasteiger charge is 2.22. The van der Waals surface area contributed by atoms with Crippen LogP contribution in [0.5, 0.6) is 0 Å². The number of hydrogen-bond donors (Lipinski definition) is 1. The van der Waals surface area contributed by atoms with Gasteiger partial charge in [-0.15, -0.1) is 0 Å². The fourth-order valence-electron chi connectivity index (χ4n) is 4.40. The highest BCUT2D eigenvalue weighted by atomic mass is 16.5. The smallest absolute Gasteiger partial charge is 0.320 e. The van der Waals surface area contributed by atoms with Gasteiger partial charge in [0.2, 0.25) is 0 Å². The Bertz CT molecular complexity index is 1050. The standard InChI is InChI=1S/C26H32N4O4/c1-3-34-24(31)18-29-11-10-19-4-5-21(16-22(19)17-29)26(32)28(2)23-8-6-20(7-9-23)25(27)30-12-14-33-15-13-30/h4-9,16,27H,3,10-15,17-18H2,1-2H3. The molecule has 1 N–H and O–H groups in total. The van der Waals surface area contributed by atoms with Crippen molar-refractivity contribution in [2.24, 2.45) is 0 Å². The second-order valence-corrected chi connectivity index (χ2v) is 8.61. The number of amides is 1. The lowest BCUT2D eigenvalue weighted by atomic mass is 9.97. The van der Waals surface area contributed by atoms with E-state index >= 15 is 0 Å². The zero-order valence-corrected chi connectivity index (χ0v) is 19.9. The summed E-state index contributed by atoms with van der Waals surface area (Å²) in [6, 6.07) is 13.4. The number of nitrogens with zero attached hydrogens (tertiary/aromatic N) is 3. The maximum absolute atomic E-state index is 13.2. The van der Waals surface area contributed by atoms with Gasteiger partial charge in [0.15, 0.2) is 0 Å². The van der Waals surface area contributed by atoms with Gasteiger partial charge in [0, 0.05) is 50.0 Å². The van der Waals surface area contributed by atoms with Crippen molar-refractivity contribution in [3.8, 4) is 0 Å². The molecule has 0 unspecified atom stereocenters. The van der Waals surface area contributed by atoms with Crippen molar-refractivity contribution in [3.05, 3.63) is 64.7 Å². The van der Waals surface area contributed by atoms with Crippen LogP contribution in [0.15, 0.2) is 42.5 Å². The molecule has 1 fully saturated rings. The molecule has 2 aliphatic heterocycles. The van der Waals surface area contributed by atoms with Crippen molar-refractivity contribution in [1.82, 2.24) is 9.80 Å². The van der Waals surface area contributed by atoms with Crippen LogP contribution in [0.3, 0.4) is 0 Å². The van der Waals surface area contributed by atoms with Gasteiger partial charge in [-0.2, -0.15) is 0 Å². The predicted molar refractivity (Wildman–Crippen MR) is 130 cm³/mol. The van der Waals surface area contributed by atoms with E-state index in [1.165, 1.54) is 5.56 Å². The highest BCUT2D eigenvalue weighted by Crippen LogP contribution is 2.23. The summed E-state index contributed by atoms with van der Waals surface area (Å²) < 4.78 is 10.4. The van der Waals surface area contributed by atoms with Crippen molar-refractivity contribution in [3.63, 3.8) is 0 Å². The van der Waals surface area contributed by atoms with E-state index in [0.717, 1.165) is 29.8 Å². The quantitative estimate of drug-likeness (QED) is 0.402. The number of esters is 1.